The minimum Gasteiger partial charge on any atom is -0.387 e. The van der Waals surface area contributed by atoms with Crippen molar-refractivity contribution in [1.29, 1.82) is 0 Å². The van der Waals surface area contributed by atoms with Gasteiger partial charge in [-0.15, -0.1) is 0 Å². The number of anilines is 2. The molecule has 0 spiro atoms. The van der Waals surface area contributed by atoms with Crippen molar-refractivity contribution in [3.63, 3.8) is 0 Å². The maximum absolute atomic E-state index is 12.6. The van der Waals surface area contributed by atoms with Crippen molar-refractivity contribution in [3.05, 3.63) is 59.7 Å². The summed E-state index contributed by atoms with van der Waals surface area (Å²) in [6.07, 6.45) is -0.713. The summed E-state index contributed by atoms with van der Waals surface area (Å²) in [5, 5.41) is 13.4. The Kier molecular flexibility index (Phi) is 6.42. The molecule has 1 unspecified atom stereocenters. The largest absolute Gasteiger partial charge is 0.387 e. The van der Waals surface area contributed by atoms with Crippen molar-refractivity contribution in [2.24, 2.45) is 0 Å². The minimum absolute atomic E-state index is 0.219. The van der Waals surface area contributed by atoms with Crippen molar-refractivity contribution in [1.82, 2.24) is 4.90 Å². The smallest absolute Gasteiger partial charge is 0.321 e. The van der Waals surface area contributed by atoms with Gasteiger partial charge in [0.1, 0.15) is 0 Å². The Morgan fingerprint density at radius 2 is 1.76 bits per heavy atom. The molecular weight excluding hydrogens is 314 g/mol. The molecule has 134 valence electrons. The van der Waals surface area contributed by atoms with Crippen LogP contribution in [0.2, 0.25) is 0 Å². The van der Waals surface area contributed by atoms with Crippen molar-refractivity contribution in [2.75, 3.05) is 37.4 Å². The van der Waals surface area contributed by atoms with Crippen LogP contribution in [-0.4, -0.2) is 43.2 Å². The average molecular weight is 341 g/mol. The summed E-state index contributed by atoms with van der Waals surface area (Å²) in [6.45, 7) is 4.66. The molecule has 0 aliphatic heterocycles. The van der Waals surface area contributed by atoms with Crippen molar-refractivity contribution >= 4 is 17.4 Å². The van der Waals surface area contributed by atoms with Crippen LogP contribution in [0.4, 0.5) is 16.2 Å². The van der Waals surface area contributed by atoms with Gasteiger partial charge in [-0.05, 0) is 31.5 Å². The van der Waals surface area contributed by atoms with Crippen LogP contribution in [0.1, 0.15) is 24.2 Å². The number of para-hydroxylation sites is 2. The van der Waals surface area contributed by atoms with E-state index < -0.39 is 6.10 Å². The fraction of sp³-hybridized carbons (Fsp3) is 0.350. The van der Waals surface area contributed by atoms with E-state index in [1.54, 1.807) is 4.90 Å². The summed E-state index contributed by atoms with van der Waals surface area (Å²) in [5.74, 6) is 0. The molecule has 0 radical (unpaired) electrons. The predicted molar refractivity (Wildman–Crippen MR) is 103 cm³/mol. The van der Waals surface area contributed by atoms with E-state index in [2.05, 4.69) is 5.32 Å². The Labute approximate surface area is 149 Å². The Morgan fingerprint density at radius 3 is 2.36 bits per heavy atom. The van der Waals surface area contributed by atoms with Gasteiger partial charge in [-0.2, -0.15) is 0 Å². The van der Waals surface area contributed by atoms with Crippen molar-refractivity contribution in [2.45, 2.75) is 20.0 Å². The zero-order valence-electron chi connectivity index (χ0n) is 15.4. The molecule has 2 aromatic carbocycles. The maximum Gasteiger partial charge on any atom is 0.321 e. The molecule has 0 aliphatic rings. The number of benzene rings is 2. The van der Waals surface area contributed by atoms with Crippen molar-refractivity contribution < 1.29 is 9.90 Å². The number of aliphatic hydroxyl groups is 1. The molecule has 25 heavy (non-hydrogen) atoms. The highest BCUT2D eigenvalue weighted by Crippen LogP contribution is 2.24. The lowest BCUT2D eigenvalue weighted by atomic mass is 10.1. The number of nitrogens with zero attached hydrogens (tertiary/aromatic N) is 2. The molecule has 5 heteroatoms. The first-order chi connectivity index (χ1) is 11.9. The molecular formula is C20H27N3O2. The third kappa shape index (κ3) is 4.97. The molecule has 2 aromatic rings. The summed E-state index contributed by atoms with van der Waals surface area (Å²) in [5.41, 5.74) is 3.64. The van der Waals surface area contributed by atoms with Gasteiger partial charge in [-0.1, -0.05) is 42.0 Å². The number of nitrogens with one attached hydrogen (secondary N) is 1. The van der Waals surface area contributed by atoms with Gasteiger partial charge < -0.3 is 20.2 Å². The Hall–Kier alpha value is -2.53. The minimum atomic E-state index is -0.713. The standard InChI is InChI=1S/C20H27N3O2/c1-5-23(14-19(24)16-12-10-15(2)11-13-16)20(25)21-17-8-6-7-9-18(17)22(3)4/h6-13,19,24H,5,14H2,1-4H3,(H,21,25). The number of carbonyl (C=O) groups is 1. The first-order valence-electron chi connectivity index (χ1n) is 8.49. The third-order valence-corrected chi connectivity index (χ3v) is 4.15. The normalized spacial score (nSPS) is 11.7. The van der Waals surface area contributed by atoms with Gasteiger partial charge >= 0.3 is 6.03 Å². The number of rotatable bonds is 6. The van der Waals surface area contributed by atoms with E-state index in [0.29, 0.717) is 6.54 Å². The van der Waals surface area contributed by atoms with Crippen LogP contribution in [0.3, 0.4) is 0 Å². The molecule has 2 amide bonds. The Morgan fingerprint density at radius 1 is 1.12 bits per heavy atom. The van der Waals surface area contributed by atoms with Crippen LogP contribution in [0.15, 0.2) is 48.5 Å². The third-order valence-electron chi connectivity index (χ3n) is 4.15. The molecule has 0 saturated heterocycles. The molecule has 0 saturated carbocycles. The van der Waals surface area contributed by atoms with Gasteiger partial charge in [0.15, 0.2) is 0 Å². The fourth-order valence-corrected chi connectivity index (χ4v) is 2.62. The number of aryl methyl sites for hydroxylation is 1. The lowest BCUT2D eigenvalue weighted by Gasteiger charge is -2.26. The summed E-state index contributed by atoms with van der Waals surface area (Å²) < 4.78 is 0. The van der Waals surface area contributed by atoms with Crippen LogP contribution in [0.25, 0.3) is 0 Å². The molecule has 0 aliphatic carbocycles. The van der Waals surface area contributed by atoms with Gasteiger partial charge in [0.05, 0.1) is 24.0 Å². The van der Waals surface area contributed by atoms with Crippen LogP contribution in [0.5, 0.6) is 0 Å². The molecule has 2 rings (SSSR count). The van der Waals surface area contributed by atoms with E-state index in [0.717, 1.165) is 22.5 Å². The number of likely N-dealkylation sites (N-methyl/N-ethyl adjacent to an activating group) is 1. The SMILES string of the molecule is CCN(CC(O)c1ccc(C)cc1)C(=O)Nc1ccccc1N(C)C. The second kappa shape index (κ2) is 8.53. The number of aliphatic hydroxyl groups excluding tert-OH is 1. The van der Waals surface area contributed by atoms with Gasteiger partial charge in [-0.3, -0.25) is 0 Å². The fourth-order valence-electron chi connectivity index (χ4n) is 2.62. The quantitative estimate of drug-likeness (QED) is 0.843. The van der Waals surface area contributed by atoms with Gasteiger partial charge in [0.25, 0.3) is 0 Å². The van der Waals surface area contributed by atoms with Crippen LogP contribution in [-0.2, 0) is 0 Å². The highest BCUT2D eigenvalue weighted by molar-refractivity contribution is 5.93. The molecule has 0 heterocycles. The highest BCUT2D eigenvalue weighted by Gasteiger charge is 2.18. The van der Waals surface area contributed by atoms with Crippen LogP contribution in [0, 0.1) is 6.92 Å². The molecule has 0 aromatic heterocycles. The number of urea groups is 1. The lowest BCUT2D eigenvalue weighted by Crippen LogP contribution is -2.38. The number of hydrogen-bond donors (Lipinski definition) is 2. The molecule has 0 fully saturated rings. The highest BCUT2D eigenvalue weighted by atomic mass is 16.3. The molecule has 5 nitrogen and oxygen atoms in total. The summed E-state index contributed by atoms with van der Waals surface area (Å²) in [4.78, 5) is 16.2. The zero-order chi connectivity index (χ0) is 18.4. The molecule has 1 atom stereocenters. The first-order valence-corrected chi connectivity index (χ1v) is 8.49. The second-order valence-corrected chi connectivity index (χ2v) is 6.31. The van der Waals surface area contributed by atoms with Gasteiger partial charge in [-0.25, -0.2) is 4.79 Å². The van der Waals surface area contributed by atoms with E-state index in [1.807, 2.05) is 81.4 Å². The molecule has 0 bridgehead atoms. The second-order valence-electron chi connectivity index (χ2n) is 6.31. The van der Waals surface area contributed by atoms with E-state index >= 15 is 0 Å². The lowest BCUT2D eigenvalue weighted by molar-refractivity contribution is 0.128. The summed E-state index contributed by atoms with van der Waals surface area (Å²) >= 11 is 0. The van der Waals surface area contributed by atoms with Gasteiger partial charge in [0, 0.05) is 20.6 Å². The number of carbonyl (C=O) groups excluding carboxylic acids is 1. The van der Waals surface area contributed by atoms with Crippen LogP contribution < -0.4 is 10.2 Å². The maximum atomic E-state index is 12.6. The van der Waals surface area contributed by atoms with E-state index in [-0.39, 0.29) is 12.6 Å². The average Bonchev–Trinajstić information content (AvgIpc) is 2.60. The number of hydrogen-bond acceptors (Lipinski definition) is 3. The van der Waals surface area contributed by atoms with Crippen LogP contribution >= 0.6 is 0 Å². The molecule has 2 N–H and O–H groups in total. The summed E-state index contributed by atoms with van der Waals surface area (Å²) in [7, 11) is 3.87. The van der Waals surface area contributed by atoms with Gasteiger partial charge in [0.2, 0.25) is 0 Å². The predicted octanol–water partition coefficient (Wildman–Crippen LogP) is 3.65. The Bertz CT molecular complexity index is 698. The monoisotopic (exact) mass is 341 g/mol. The van der Waals surface area contributed by atoms with Crippen molar-refractivity contribution in [3.8, 4) is 0 Å². The Balaban J connectivity index is 2.07. The van der Waals surface area contributed by atoms with E-state index in [1.165, 1.54) is 0 Å². The summed E-state index contributed by atoms with van der Waals surface area (Å²) in [6, 6.07) is 15.1. The first kappa shape index (κ1) is 18.8. The number of amides is 2. The zero-order valence-corrected chi connectivity index (χ0v) is 15.4. The van der Waals surface area contributed by atoms with E-state index in [4.69, 9.17) is 0 Å². The topological polar surface area (TPSA) is 55.8 Å². The van der Waals surface area contributed by atoms with E-state index in [9.17, 15) is 9.90 Å².